The van der Waals surface area contributed by atoms with Crippen LogP contribution in [0.25, 0.3) is 0 Å². The summed E-state index contributed by atoms with van der Waals surface area (Å²) in [5.41, 5.74) is -1.05. The average Bonchev–Trinajstić information content (AvgIpc) is 2.44. The molecule has 1 N–H and O–H groups in total. The van der Waals surface area contributed by atoms with Gasteiger partial charge in [0.1, 0.15) is 12.5 Å². The molecule has 106 valence electrons. The van der Waals surface area contributed by atoms with Crippen LogP contribution >= 0.6 is 0 Å². The van der Waals surface area contributed by atoms with Crippen LogP contribution in [-0.4, -0.2) is 26.0 Å². The molecule has 0 amide bonds. The van der Waals surface area contributed by atoms with Crippen molar-refractivity contribution in [1.29, 1.82) is 0 Å². The molecule has 8 heteroatoms. The summed E-state index contributed by atoms with van der Waals surface area (Å²) >= 11 is 0. The largest absolute Gasteiger partial charge is 0.377 e. The van der Waals surface area contributed by atoms with Gasteiger partial charge >= 0.3 is 0 Å². The molecule has 1 aliphatic rings. The predicted octanol–water partition coefficient (Wildman–Crippen LogP) is 2.56. The third-order valence-corrected chi connectivity index (χ3v) is 2.69. The van der Waals surface area contributed by atoms with Crippen molar-refractivity contribution in [3.05, 3.63) is 29.1 Å². The number of nitrogens with one attached hydrogen (secondary N) is 1. The molecule has 0 spiro atoms. The molecule has 1 aromatic rings. The van der Waals surface area contributed by atoms with Crippen molar-refractivity contribution >= 4 is 5.69 Å². The van der Waals surface area contributed by atoms with Crippen LogP contribution in [-0.2, 0) is 9.47 Å². The first-order valence-corrected chi connectivity index (χ1v) is 5.47. The number of ether oxygens (including phenoxy) is 2. The molecule has 0 radical (unpaired) electrons. The molecular formula is C11H10F5NO2. The maximum absolute atomic E-state index is 13.3. The molecular weight excluding hydrogens is 273 g/mol. The predicted molar refractivity (Wildman–Crippen MR) is 55.0 cm³/mol. The fraction of sp³-hybridized carbons (Fsp3) is 0.455. The highest BCUT2D eigenvalue weighted by atomic mass is 19.2. The minimum atomic E-state index is -2.18. The molecule has 1 aromatic carbocycles. The van der Waals surface area contributed by atoms with E-state index in [1.165, 1.54) is 0 Å². The van der Waals surface area contributed by atoms with E-state index in [2.05, 4.69) is 5.32 Å². The summed E-state index contributed by atoms with van der Waals surface area (Å²) in [6, 6.07) is 0. The summed E-state index contributed by atoms with van der Waals surface area (Å²) in [7, 11) is 0. The number of hydrogen-bond acceptors (Lipinski definition) is 3. The zero-order valence-corrected chi connectivity index (χ0v) is 9.61. The van der Waals surface area contributed by atoms with Gasteiger partial charge in [0.15, 0.2) is 23.3 Å². The second-order valence-corrected chi connectivity index (χ2v) is 3.93. The van der Waals surface area contributed by atoms with Crippen LogP contribution in [0.5, 0.6) is 0 Å². The van der Waals surface area contributed by atoms with E-state index in [1.807, 2.05) is 0 Å². The number of rotatable bonds is 3. The highest BCUT2D eigenvalue weighted by molar-refractivity contribution is 5.47. The van der Waals surface area contributed by atoms with Crippen molar-refractivity contribution in [2.75, 3.05) is 25.3 Å². The fourth-order valence-corrected chi connectivity index (χ4v) is 1.64. The Morgan fingerprint density at radius 3 is 2.05 bits per heavy atom. The lowest BCUT2D eigenvalue weighted by atomic mass is 10.2. The van der Waals surface area contributed by atoms with E-state index in [9.17, 15) is 22.0 Å². The van der Waals surface area contributed by atoms with Crippen molar-refractivity contribution in [2.45, 2.75) is 12.5 Å². The Kier molecular flexibility index (Phi) is 4.20. The van der Waals surface area contributed by atoms with Gasteiger partial charge in [-0.25, -0.2) is 22.0 Å². The molecule has 19 heavy (non-hydrogen) atoms. The summed E-state index contributed by atoms with van der Waals surface area (Å²) < 4.78 is 75.2. The van der Waals surface area contributed by atoms with Gasteiger partial charge in [0, 0.05) is 6.54 Å². The lowest BCUT2D eigenvalue weighted by molar-refractivity contribution is -0.133. The quantitative estimate of drug-likeness (QED) is 0.525. The van der Waals surface area contributed by atoms with Crippen LogP contribution in [0.4, 0.5) is 27.6 Å². The summed E-state index contributed by atoms with van der Waals surface area (Å²) in [6.45, 7) is 0.356. The van der Waals surface area contributed by atoms with E-state index in [1.54, 1.807) is 0 Å². The molecule has 1 heterocycles. The lowest BCUT2D eigenvalue weighted by Gasteiger charge is -2.23. The average molecular weight is 283 g/mol. The van der Waals surface area contributed by atoms with E-state index in [-0.39, 0.29) is 13.3 Å². The van der Waals surface area contributed by atoms with Crippen molar-refractivity contribution < 1.29 is 31.4 Å². The van der Waals surface area contributed by atoms with E-state index < -0.39 is 40.9 Å². The summed E-state index contributed by atoms with van der Waals surface area (Å²) in [6.07, 6.45) is 0.0475. The van der Waals surface area contributed by atoms with Crippen molar-refractivity contribution in [3.63, 3.8) is 0 Å². The van der Waals surface area contributed by atoms with Crippen LogP contribution in [0, 0.1) is 29.1 Å². The first-order valence-electron chi connectivity index (χ1n) is 5.47. The maximum Gasteiger partial charge on any atom is 0.200 e. The Bertz CT molecular complexity index is 448. The van der Waals surface area contributed by atoms with Gasteiger partial charge in [0.25, 0.3) is 0 Å². The second kappa shape index (κ2) is 5.70. The lowest BCUT2D eigenvalue weighted by Crippen LogP contribution is -2.30. The molecule has 1 unspecified atom stereocenters. The van der Waals surface area contributed by atoms with Crippen LogP contribution in [0.15, 0.2) is 0 Å². The second-order valence-electron chi connectivity index (χ2n) is 3.93. The Hall–Kier alpha value is -1.41. The van der Waals surface area contributed by atoms with Crippen LogP contribution in [0.2, 0.25) is 0 Å². The molecule has 2 rings (SSSR count). The first kappa shape index (κ1) is 14.0. The van der Waals surface area contributed by atoms with Crippen LogP contribution < -0.4 is 5.32 Å². The molecule has 1 fully saturated rings. The van der Waals surface area contributed by atoms with Gasteiger partial charge in [-0.3, -0.25) is 0 Å². The molecule has 1 saturated heterocycles. The molecule has 0 bridgehead atoms. The smallest absolute Gasteiger partial charge is 0.200 e. The van der Waals surface area contributed by atoms with Gasteiger partial charge in [0.05, 0.1) is 12.7 Å². The zero-order chi connectivity index (χ0) is 14.0. The molecule has 1 atom stereocenters. The third kappa shape index (κ3) is 2.79. The molecule has 0 saturated carbocycles. The molecule has 3 nitrogen and oxygen atoms in total. The van der Waals surface area contributed by atoms with E-state index in [0.29, 0.717) is 13.0 Å². The minimum absolute atomic E-state index is 0.0312. The number of anilines is 1. The standard InChI is InChI=1S/C11H10F5NO2/c12-6-7(13)9(15)11(10(16)8(6)14)17-3-5-1-2-18-4-19-5/h5,17H,1-4H2. The fourth-order valence-electron chi connectivity index (χ4n) is 1.64. The van der Waals surface area contributed by atoms with Crippen molar-refractivity contribution in [3.8, 4) is 0 Å². The van der Waals surface area contributed by atoms with Gasteiger partial charge in [-0.2, -0.15) is 0 Å². The van der Waals surface area contributed by atoms with E-state index >= 15 is 0 Å². The Morgan fingerprint density at radius 2 is 1.53 bits per heavy atom. The Morgan fingerprint density at radius 1 is 0.947 bits per heavy atom. The maximum atomic E-state index is 13.3. The van der Waals surface area contributed by atoms with Gasteiger partial charge in [-0.05, 0) is 6.42 Å². The Labute approximate surface area is 105 Å². The third-order valence-electron chi connectivity index (χ3n) is 2.69. The van der Waals surface area contributed by atoms with Gasteiger partial charge < -0.3 is 14.8 Å². The topological polar surface area (TPSA) is 30.5 Å². The van der Waals surface area contributed by atoms with Crippen LogP contribution in [0.1, 0.15) is 6.42 Å². The van der Waals surface area contributed by atoms with Crippen LogP contribution in [0.3, 0.4) is 0 Å². The number of benzene rings is 1. The summed E-state index contributed by atoms with van der Waals surface area (Å²) in [4.78, 5) is 0. The van der Waals surface area contributed by atoms with Crippen molar-refractivity contribution in [1.82, 2.24) is 0 Å². The summed E-state index contributed by atoms with van der Waals surface area (Å²) in [5, 5.41) is 2.18. The number of halogens is 5. The highest BCUT2D eigenvalue weighted by Gasteiger charge is 2.26. The van der Waals surface area contributed by atoms with Gasteiger partial charge in [-0.1, -0.05) is 0 Å². The molecule has 1 aliphatic heterocycles. The highest BCUT2D eigenvalue weighted by Crippen LogP contribution is 2.27. The van der Waals surface area contributed by atoms with Gasteiger partial charge in [-0.15, -0.1) is 0 Å². The van der Waals surface area contributed by atoms with E-state index in [0.717, 1.165) is 0 Å². The normalized spacial score (nSPS) is 19.5. The number of hydrogen-bond donors (Lipinski definition) is 1. The zero-order valence-electron chi connectivity index (χ0n) is 9.61. The first-order chi connectivity index (χ1) is 9.02. The molecule has 0 aromatic heterocycles. The Balaban J connectivity index is 2.15. The summed E-state index contributed by atoms with van der Waals surface area (Å²) in [5.74, 6) is -9.90. The van der Waals surface area contributed by atoms with Crippen molar-refractivity contribution in [2.24, 2.45) is 0 Å². The molecule has 0 aliphatic carbocycles. The SMILES string of the molecule is Fc1c(F)c(F)c(NCC2CCOCO2)c(F)c1F. The minimum Gasteiger partial charge on any atom is -0.377 e. The monoisotopic (exact) mass is 283 g/mol. The van der Waals surface area contributed by atoms with Gasteiger partial charge in [0.2, 0.25) is 5.82 Å². The van der Waals surface area contributed by atoms with E-state index in [4.69, 9.17) is 9.47 Å².